The first kappa shape index (κ1) is 23.8. The second-order valence-corrected chi connectivity index (χ2v) is 9.39. The normalized spacial score (nSPS) is 10.4. The molecule has 33 heavy (non-hydrogen) atoms. The Hall–Kier alpha value is -2.40. The summed E-state index contributed by atoms with van der Waals surface area (Å²) in [4.78, 5) is 0. The van der Waals surface area contributed by atoms with Crippen molar-refractivity contribution in [1.82, 2.24) is 0 Å². The van der Waals surface area contributed by atoms with Gasteiger partial charge in [-0.15, -0.1) is 0 Å². The summed E-state index contributed by atoms with van der Waals surface area (Å²) in [5, 5.41) is 0. The van der Waals surface area contributed by atoms with Crippen molar-refractivity contribution in [1.29, 1.82) is 0 Å². The Morgan fingerprint density at radius 1 is 0.545 bits per heavy atom. The Morgan fingerprint density at radius 2 is 0.970 bits per heavy atom. The van der Waals surface area contributed by atoms with E-state index >= 15 is 0 Å². The Morgan fingerprint density at radius 3 is 1.39 bits per heavy atom. The van der Waals surface area contributed by atoms with Crippen molar-refractivity contribution < 1.29 is 18.8 Å². The number of halogens is 2. The molecule has 0 fully saturated rings. The van der Waals surface area contributed by atoms with Gasteiger partial charge in [0.15, 0.2) is 0 Å². The lowest BCUT2D eigenvalue weighted by molar-refractivity contribution is 0.304. The van der Waals surface area contributed by atoms with Gasteiger partial charge >= 0.3 is 7.69 Å². The monoisotopic (exact) mass is 661 g/mol. The summed E-state index contributed by atoms with van der Waals surface area (Å²) in [5.74, 6) is 2.78. The zero-order valence-corrected chi connectivity index (χ0v) is 21.9. The summed E-state index contributed by atoms with van der Waals surface area (Å²) in [5.41, 5.74) is 2.22. The molecule has 0 unspecified atom stereocenters. The van der Waals surface area contributed by atoms with Gasteiger partial charge in [0.25, 0.3) is 0 Å². The Kier molecular flexibility index (Phi) is 8.76. The first-order valence-electron chi connectivity index (χ1n) is 10.2. The molecule has 0 aromatic heterocycles. The van der Waals surface area contributed by atoms with E-state index in [1.54, 1.807) is 0 Å². The number of hydrogen-bond acceptors (Lipinski definition) is 4. The van der Waals surface area contributed by atoms with Crippen LogP contribution in [0, 0.1) is 7.14 Å². The molecular formula is C26H20BI2O4. The summed E-state index contributed by atoms with van der Waals surface area (Å²) >= 11 is 4.44. The minimum atomic E-state index is 0.495. The fraction of sp³-hybridized carbons (Fsp3) is 0.0769. The predicted octanol–water partition coefficient (Wildman–Crippen LogP) is 7.05. The average molecular weight is 661 g/mol. The Balaban J connectivity index is 1.33. The second kappa shape index (κ2) is 12.2. The number of benzene rings is 4. The van der Waals surface area contributed by atoms with Crippen LogP contribution in [0.15, 0.2) is 97.1 Å². The zero-order chi connectivity index (χ0) is 22.9. The minimum absolute atomic E-state index is 0.495. The molecule has 165 valence electrons. The highest BCUT2D eigenvalue weighted by Crippen LogP contribution is 2.29. The second-order valence-electron chi connectivity index (χ2n) is 7.06. The fourth-order valence-corrected chi connectivity index (χ4v) is 3.86. The van der Waals surface area contributed by atoms with Crippen LogP contribution in [0.3, 0.4) is 0 Å². The lowest BCUT2D eigenvalue weighted by Gasteiger charge is -2.13. The molecule has 0 aliphatic heterocycles. The SMILES string of the molecule is Ic1ccc(OCc2ccccc2)cc1O[B]Oc1cc(OCc2ccccc2)ccc1I. The molecule has 0 atom stereocenters. The summed E-state index contributed by atoms with van der Waals surface area (Å²) in [6.45, 7) is 0.990. The third kappa shape index (κ3) is 7.30. The molecule has 0 aliphatic rings. The van der Waals surface area contributed by atoms with Crippen LogP contribution in [-0.2, 0) is 13.2 Å². The smallest absolute Gasteiger partial charge is 0.525 e. The first-order chi connectivity index (χ1) is 16.2. The molecule has 0 bridgehead atoms. The number of hydrogen-bond donors (Lipinski definition) is 0. The van der Waals surface area contributed by atoms with Gasteiger partial charge in [-0.3, -0.25) is 0 Å². The molecule has 4 rings (SSSR count). The third-order valence-corrected chi connectivity index (χ3v) is 6.43. The van der Waals surface area contributed by atoms with Gasteiger partial charge in [-0.1, -0.05) is 60.7 Å². The molecule has 0 saturated carbocycles. The molecule has 0 spiro atoms. The maximum Gasteiger partial charge on any atom is 0.658 e. The molecule has 0 aliphatic carbocycles. The zero-order valence-electron chi connectivity index (χ0n) is 17.6. The van der Waals surface area contributed by atoms with E-state index < -0.39 is 0 Å². The third-order valence-electron chi connectivity index (χ3n) is 4.65. The van der Waals surface area contributed by atoms with Gasteiger partial charge < -0.3 is 18.8 Å². The van der Waals surface area contributed by atoms with Crippen molar-refractivity contribution in [2.24, 2.45) is 0 Å². The number of ether oxygens (including phenoxy) is 2. The van der Waals surface area contributed by atoms with Gasteiger partial charge in [-0.05, 0) is 80.6 Å². The van der Waals surface area contributed by atoms with E-state index in [0.29, 0.717) is 24.7 Å². The molecule has 1 radical (unpaired) electrons. The van der Waals surface area contributed by atoms with E-state index in [9.17, 15) is 0 Å². The largest absolute Gasteiger partial charge is 0.658 e. The fourth-order valence-electron chi connectivity index (χ4n) is 2.94. The maximum absolute atomic E-state index is 5.89. The van der Waals surface area contributed by atoms with Crippen molar-refractivity contribution >= 4 is 52.9 Å². The quantitative estimate of drug-likeness (QED) is 0.135. The molecule has 0 N–H and O–H groups in total. The van der Waals surface area contributed by atoms with E-state index in [1.807, 2.05) is 97.1 Å². The van der Waals surface area contributed by atoms with Gasteiger partial charge in [-0.2, -0.15) is 0 Å². The van der Waals surface area contributed by atoms with E-state index in [1.165, 1.54) is 7.69 Å². The topological polar surface area (TPSA) is 36.9 Å². The van der Waals surface area contributed by atoms with Crippen LogP contribution in [-0.4, -0.2) is 7.69 Å². The molecule has 4 aromatic rings. The predicted molar refractivity (Wildman–Crippen MR) is 147 cm³/mol. The molecule has 0 saturated heterocycles. The van der Waals surface area contributed by atoms with Crippen molar-refractivity contribution in [3.8, 4) is 23.0 Å². The lowest BCUT2D eigenvalue weighted by Crippen LogP contribution is -2.12. The van der Waals surface area contributed by atoms with Gasteiger partial charge in [0.1, 0.15) is 36.2 Å². The highest BCUT2D eigenvalue weighted by atomic mass is 127. The minimum Gasteiger partial charge on any atom is -0.525 e. The van der Waals surface area contributed by atoms with Crippen LogP contribution >= 0.6 is 45.2 Å². The van der Waals surface area contributed by atoms with Gasteiger partial charge in [-0.25, -0.2) is 0 Å². The molecule has 4 aromatic carbocycles. The molecular weight excluding hydrogens is 641 g/mol. The lowest BCUT2D eigenvalue weighted by atomic mass is 10.2. The van der Waals surface area contributed by atoms with Gasteiger partial charge in [0, 0.05) is 12.1 Å². The molecule has 7 heteroatoms. The van der Waals surface area contributed by atoms with Crippen LogP contribution in [0.25, 0.3) is 0 Å². The van der Waals surface area contributed by atoms with Crippen LogP contribution in [0.4, 0.5) is 0 Å². The maximum atomic E-state index is 5.89. The molecule has 4 nitrogen and oxygen atoms in total. The van der Waals surface area contributed by atoms with Crippen LogP contribution in [0.5, 0.6) is 23.0 Å². The van der Waals surface area contributed by atoms with Crippen molar-refractivity contribution in [3.05, 3.63) is 115 Å². The highest BCUT2D eigenvalue weighted by molar-refractivity contribution is 14.1. The summed E-state index contributed by atoms with van der Waals surface area (Å²) < 4.78 is 25.3. The van der Waals surface area contributed by atoms with Crippen molar-refractivity contribution in [2.45, 2.75) is 13.2 Å². The van der Waals surface area contributed by atoms with E-state index in [2.05, 4.69) is 45.2 Å². The van der Waals surface area contributed by atoms with Crippen molar-refractivity contribution in [2.75, 3.05) is 0 Å². The summed E-state index contributed by atoms with van der Waals surface area (Å²) in [6.07, 6.45) is 0. The van der Waals surface area contributed by atoms with Gasteiger partial charge in [0.05, 0.1) is 7.14 Å². The standard InChI is InChI=1S/C26H20BI2O4/c28-23-13-11-21(30-17-19-7-3-1-4-8-19)15-25(23)32-27-33-26-16-22(12-14-24(26)29)31-18-20-9-5-2-6-10-20/h1-16H,17-18H2. The van der Waals surface area contributed by atoms with Crippen molar-refractivity contribution in [3.63, 3.8) is 0 Å². The highest BCUT2D eigenvalue weighted by Gasteiger charge is 2.10. The van der Waals surface area contributed by atoms with Gasteiger partial charge in [0.2, 0.25) is 0 Å². The Labute approximate surface area is 221 Å². The van der Waals surface area contributed by atoms with Crippen LogP contribution in [0.2, 0.25) is 0 Å². The molecule has 0 amide bonds. The van der Waals surface area contributed by atoms with E-state index in [4.69, 9.17) is 18.8 Å². The van der Waals surface area contributed by atoms with E-state index in [-0.39, 0.29) is 0 Å². The molecule has 0 heterocycles. The number of rotatable bonds is 10. The van der Waals surface area contributed by atoms with Crippen LogP contribution < -0.4 is 18.8 Å². The summed E-state index contributed by atoms with van der Waals surface area (Å²) in [7, 11) is 1.33. The first-order valence-corrected chi connectivity index (χ1v) is 12.4. The average Bonchev–Trinajstić information content (AvgIpc) is 2.86. The summed E-state index contributed by atoms with van der Waals surface area (Å²) in [6, 6.07) is 31.6. The van der Waals surface area contributed by atoms with Crippen LogP contribution in [0.1, 0.15) is 11.1 Å². The van der Waals surface area contributed by atoms with E-state index in [0.717, 1.165) is 29.8 Å². The Bertz CT molecular complexity index is 1080.